The zero-order chi connectivity index (χ0) is 21.3. The summed E-state index contributed by atoms with van der Waals surface area (Å²) in [6, 6.07) is 1.60. The SMILES string of the molecule is CCc1nnc2n1CCN(c1cc(C(=N)C3=CC(OC(C)C)=CCC3N)ncn1)C2. The molecule has 3 N–H and O–H groups in total. The van der Waals surface area contributed by atoms with Gasteiger partial charge in [-0.25, -0.2) is 9.97 Å². The number of nitrogens with one attached hydrogen (secondary N) is 1. The lowest BCUT2D eigenvalue weighted by Crippen LogP contribution is -2.35. The maximum absolute atomic E-state index is 8.72. The van der Waals surface area contributed by atoms with E-state index in [2.05, 4.69) is 36.6 Å². The number of hydrogen-bond donors (Lipinski definition) is 2. The standard InChI is InChI=1S/C21H28N8O/c1-4-18-26-27-20-11-28(7-8-29(18)20)19-10-17(24-12-25-19)21(23)15-9-14(30-13(2)3)5-6-16(15)22/h5,9-10,12-13,16,23H,4,6-8,11,22H2,1-3H3. The summed E-state index contributed by atoms with van der Waals surface area (Å²) >= 11 is 0. The Morgan fingerprint density at radius 3 is 2.90 bits per heavy atom. The van der Waals surface area contributed by atoms with Crippen LogP contribution in [0.4, 0.5) is 5.82 Å². The first-order valence-electron chi connectivity index (χ1n) is 10.4. The van der Waals surface area contributed by atoms with Gasteiger partial charge in [0.1, 0.15) is 23.7 Å². The molecule has 1 aliphatic heterocycles. The smallest absolute Gasteiger partial charge is 0.152 e. The van der Waals surface area contributed by atoms with Crippen LogP contribution in [0, 0.1) is 5.41 Å². The summed E-state index contributed by atoms with van der Waals surface area (Å²) in [5, 5.41) is 17.3. The average molecular weight is 409 g/mol. The molecule has 0 saturated carbocycles. The van der Waals surface area contributed by atoms with Crippen LogP contribution in [0.5, 0.6) is 0 Å². The van der Waals surface area contributed by atoms with Gasteiger partial charge in [-0.05, 0) is 38.0 Å². The summed E-state index contributed by atoms with van der Waals surface area (Å²) in [7, 11) is 0. The van der Waals surface area contributed by atoms with Crippen molar-refractivity contribution in [1.82, 2.24) is 24.7 Å². The molecule has 2 aromatic rings. The van der Waals surface area contributed by atoms with Crippen molar-refractivity contribution in [2.24, 2.45) is 5.73 Å². The van der Waals surface area contributed by atoms with Gasteiger partial charge in [-0.1, -0.05) is 6.92 Å². The first kappa shape index (κ1) is 20.2. The number of hydrogen-bond acceptors (Lipinski definition) is 8. The lowest BCUT2D eigenvalue weighted by molar-refractivity contribution is 0.155. The molecule has 0 saturated heterocycles. The van der Waals surface area contributed by atoms with Crippen molar-refractivity contribution in [3.63, 3.8) is 0 Å². The van der Waals surface area contributed by atoms with Gasteiger partial charge in [0, 0.05) is 31.6 Å². The molecule has 1 unspecified atom stereocenters. The van der Waals surface area contributed by atoms with Crippen LogP contribution in [0.25, 0.3) is 0 Å². The summed E-state index contributed by atoms with van der Waals surface area (Å²) in [5.41, 5.74) is 7.86. The second-order valence-corrected chi connectivity index (χ2v) is 7.81. The minimum Gasteiger partial charge on any atom is -0.491 e. The summed E-state index contributed by atoms with van der Waals surface area (Å²) in [6.07, 6.45) is 6.91. The van der Waals surface area contributed by atoms with E-state index in [9.17, 15) is 0 Å². The van der Waals surface area contributed by atoms with Crippen LogP contribution >= 0.6 is 0 Å². The van der Waals surface area contributed by atoms with Crippen molar-refractivity contribution in [2.75, 3.05) is 11.4 Å². The zero-order valence-corrected chi connectivity index (χ0v) is 17.7. The molecular weight excluding hydrogens is 380 g/mol. The Bertz CT molecular complexity index is 1010. The zero-order valence-electron chi connectivity index (χ0n) is 17.7. The van der Waals surface area contributed by atoms with Gasteiger partial charge >= 0.3 is 0 Å². The molecule has 0 bridgehead atoms. The van der Waals surface area contributed by atoms with Crippen molar-refractivity contribution < 1.29 is 4.74 Å². The van der Waals surface area contributed by atoms with Crippen LogP contribution in [-0.4, -0.2) is 49.1 Å². The van der Waals surface area contributed by atoms with E-state index in [-0.39, 0.29) is 12.1 Å². The second-order valence-electron chi connectivity index (χ2n) is 7.81. The third-order valence-electron chi connectivity index (χ3n) is 5.31. The van der Waals surface area contributed by atoms with Crippen LogP contribution in [0.2, 0.25) is 0 Å². The van der Waals surface area contributed by atoms with Crippen LogP contribution < -0.4 is 10.6 Å². The second kappa shape index (κ2) is 8.35. The molecule has 0 fully saturated rings. The number of anilines is 1. The first-order valence-corrected chi connectivity index (χ1v) is 10.4. The highest BCUT2D eigenvalue weighted by Crippen LogP contribution is 2.24. The van der Waals surface area contributed by atoms with E-state index in [1.165, 1.54) is 6.33 Å². The van der Waals surface area contributed by atoms with Gasteiger partial charge in [0.2, 0.25) is 0 Å². The predicted molar refractivity (Wildman–Crippen MR) is 114 cm³/mol. The number of aromatic nitrogens is 5. The van der Waals surface area contributed by atoms with Crippen molar-refractivity contribution in [3.8, 4) is 0 Å². The van der Waals surface area contributed by atoms with Gasteiger partial charge in [0.25, 0.3) is 0 Å². The molecule has 1 atom stereocenters. The predicted octanol–water partition coefficient (Wildman–Crippen LogP) is 1.98. The average Bonchev–Trinajstić information content (AvgIpc) is 3.16. The van der Waals surface area contributed by atoms with E-state index < -0.39 is 0 Å². The van der Waals surface area contributed by atoms with E-state index in [0.29, 0.717) is 24.4 Å². The Hall–Kier alpha value is -3.07. The van der Waals surface area contributed by atoms with Crippen molar-refractivity contribution >= 4 is 11.5 Å². The quantitative estimate of drug-likeness (QED) is 0.702. The Labute approximate surface area is 176 Å². The third-order valence-corrected chi connectivity index (χ3v) is 5.31. The maximum atomic E-state index is 8.72. The molecule has 1 aliphatic carbocycles. The molecule has 0 radical (unpaired) electrons. The molecule has 4 rings (SSSR count). The minimum atomic E-state index is -0.253. The Kier molecular flexibility index (Phi) is 5.63. The molecule has 9 nitrogen and oxygen atoms in total. The number of ether oxygens (including phenoxy) is 1. The van der Waals surface area contributed by atoms with Gasteiger partial charge < -0.3 is 19.9 Å². The largest absolute Gasteiger partial charge is 0.491 e. The summed E-state index contributed by atoms with van der Waals surface area (Å²) in [6.45, 7) is 8.30. The van der Waals surface area contributed by atoms with Crippen molar-refractivity contribution in [2.45, 2.75) is 58.8 Å². The molecule has 2 aromatic heterocycles. The lowest BCUT2D eigenvalue weighted by Gasteiger charge is -2.29. The van der Waals surface area contributed by atoms with E-state index in [0.717, 1.165) is 48.3 Å². The highest BCUT2D eigenvalue weighted by molar-refractivity contribution is 6.10. The lowest BCUT2D eigenvalue weighted by atomic mass is 9.93. The molecular formula is C21H28N8O. The van der Waals surface area contributed by atoms with E-state index in [4.69, 9.17) is 15.9 Å². The highest BCUT2D eigenvalue weighted by Gasteiger charge is 2.24. The summed E-state index contributed by atoms with van der Waals surface area (Å²) < 4.78 is 7.97. The molecule has 3 heterocycles. The first-order chi connectivity index (χ1) is 14.5. The fraction of sp³-hybridized carbons (Fsp3) is 0.476. The summed E-state index contributed by atoms with van der Waals surface area (Å²) in [4.78, 5) is 10.9. The van der Waals surface area contributed by atoms with E-state index in [1.807, 2.05) is 32.1 Å². The van der Waals surface area contributed by atoms with Crippen molar-refractivity contribution in [1.29, 1.82) is 5.41 Å². The van der Waals surface area contributed by atoms with Crippen LogP contribution in [0.3, 0.4) is 0 Å². The summed E-state index contributed by atoms with van der Waals surface area (Å²) in [5.74, 6) is 3.48. The van der Waals surface area contributed by atoms with Crippen LogP contribution in [0.1, 0.15) is 44.5 Å². The fourth-order valence-electron chi connectivity index (χ4n) is 3.78. The van der Waals surface area contributed by atoms with E-state index in [1.54, 1.807) is 0 Å². The van der Waals surface area contributed by atoms with Crippen molar-refractivity contribution in [3.05, 3.63) is 53.2 Å². The molecule has 0 aromatic carbocycles. The molecule has 30 heavy (non-hydrogen) atoms. The normalized spacial score (nSPS) is 18.7. The Balaban J connectivity index is 1.55. The molecule has 2 aliphatic rings. The molecule has 158 valence electrons. The monoisotopic (exact) mass is 408 g/mol. The van der Waals surface area contributed by atoms with Crippen LogP contribution in [-0.2, 0) is 24.2 Å². The third kappa shape index (κ3) is 3.97. The molecule has 0 spiro atoms. The van der Waals surface area contributed by atoms with Gasteiger partial charge in [-0.2, -0.15) is 0 Å². The minimum absolute atomic E-state index is 0.0669. The Morgan fingerprint density at radius 2 is 2.13 bits per heavy atom. The maximum Gasteiger partial charge on any atom is 0.152 e. The number of allylic oxidation sites excluding steroid dienone is 1. The van der Waals surface area contributed by atoms with Gasteiger partial charge in [0.15, 0.2) is 5.82 Å². The highest BCUT2D eigenvalue weighted by atomic mass is 16.5. The topological polar surface area (TPSA) is 119 Å². The number of fused-ring (bicyclic) bond motifs is 1. The molecule has 9 heteroatoms. The van der Waals surface area contributed by atoms with Gasteiger partial charge in [-0.3, -0.25) is 5.41 Å². The Morgan fingerprint density at radius 1 is 1.30 bits per heavy atom. The number of rotatable bonds is 6. The number of aryl methyl sites for hydroxylation is 1. The fourth-order valence-corrected chi connectivity index (χ4v) is 3.78. The van der Waals surface area contributed by atoms with Crippen LogP contribution in [0.15, 0.2) is 35.9 Å². The number of nitrogens with zero attached hydrogens (tertiary/aromatic N) is 6. The van der Waals surface area contributed by atoms with Gasteiger partial charge in [-0.15, -0.1) is 10.2 Å². The number of nitrogens with two attached hydrogens (primary N) is 1. The van der Waals surface area contributed by atoms with Gasteiger partial charge in [0.05, 0.1) is 24.1 Å². The van der Waals surface area contributed by atoms with E-state index >= 15 is 0 Å². The molecule has 0 amide bonds.